The summed E-state index contributed by atoms with van der Waals surface area (Å²) in [4.78, 5) is 13.9. The molecule has 64 valence electrons. The molecule has 0 spiro atoms. The maximum atomic E-state index is 10.8. The van der Waals surface area contributed by atoms with E-state index >= 15 is 0 Å². The van der Waals surface area contributed by atoms with Gasteiger partial charge in [-0.2, -0.15) is 0 Å². The van der Waals surface area contributed by atoms with Crippen LogP contribution in [0, 0.1) is 0 Å². The zero-order valence-electron chi connectivity index (χ0n) is 6.42. The van der Waals surface area contributed by atoms with Crippen molar-refractivity contribution >= 4 is 28.3 Å². The van der Waals surface area contributed by atoms with Gasteiger partial charge in [0.1, 0.15) is 0 Å². The lowest BCUT2D eigenvalue weighted by atomic mass is 10.1. The van der Waals surface area contributed by atoms with Crippen LogP contribution >= 0.6 is 22.9 Å². The number of amides is 1. The van der Waals surface area contributed by atoms with Crippen molar-refractivity contribution in [2.75, 3.05) is 6.54 Å². The highest BCUT2D eigenvalue weighted by Crippen LogP contribution is 2.24. The zero-order valence-corrected chi connectivity index (χ0v) is 7.99. The molecule has 0 bridgehead atoms. The Kier molecular flexibility index (Phi) is 2.07. The minimum absolute atomic E-state index is 0.341. The van der Waals surface area contributed by atoms with Gasteiger partial charge in [-0.05, 0) is 35.0 Å². The Balaban J connectivity index is 2.20. The van der Waals surface area contributed by atoms with E-state index in [9.17, 15) is 4.79 Å². The maximum absolute atomic E-state index is 10.8. The topological polar surface area (TPSA) is 20.3 Å². The fraction of sp³-hybridized carbons (Fsp3) is 0.375. The number of nitrogens with zero attached hydrogens (tertiary/aromatic N) is 1. The molecule has 1 aromatic heterocycles. The monoisotopic (exact) mass is 201 g/mol. The maximum Gasteiger partial charge on any atom is 0.316 e. The predicted molar refractivity (Wildman–Crippen MR) is 49.7 cm³/mol. The van der Waals surface area contributed by atoms with Crippen LogP contribution in [0.1, 0.15) is 10.4 Å². The van der Waals surface area contributed by atoms with Crippen LogP contribution in [0.5, 0.6) is 0 Å². The van der Waals surface area contributed by atoms with Gasteiger partial charge in [0.2, 0.25) is 0 Å². The van der Waals surface area contributed by atoms with Crippen LogP contribution in [-0.2, 0) is 13.0 Å². The van der Waals surface area contributed by atoms with E-state index in [-0.39, 0.29) is 5.37 Å². The van der Waals surface area contributed by atoms with Crippen molar-refractivity contribution in [2.24, 2.45) is 0 Å². The fourth-order valence-electron chi connectivity index (χ4n) is 1.40. The summed E-state index contributed by atoms with van der Waals surface area (Å²) < 4.78 is 0. The van der Waals surface area contributed by atoms with Crippen molar-refractivity contribution in [3.8, 4) is 0 Å². The number of rotatable bonds is 0. The van der Waals surface area contributed by atoms with E-state index < -0.39 is 0 Å². The lowest BCUT2D eigenvalue weighted by molar-refractivity contribution is 0.217. The van der Waals surface area contributed by atoms with Crippen LogP contribution < -0.4 is 0 Å². The molecular formula is C8H8ClNOS. The van der Waals surface area contributed by atoms with Crippen LogP contribution in [0.3, 0.4) is 0 Å². The van der Waals surface area contributed by atoms with Crippen LogP contribution in [0.2, 0.25) is 0 Å². The molecule has 2 nitrogen and oxygen atoms in total. The first-order valence-corrected chi connectivity index (χ1v) is 5.03. The van der Waals surface area contributed by atoms with E-state index in [4.69, 9.17) is 11.6 Å². The molecule has 1 aromatic rings. The number of carbonyl (C=O) groups excluding carboxylic acids is 1. The Bertz CT molecular complexity index is 310. The third-order valence-corrected chi connectivity index (χ3v) is 3.32. The summed E-state index contributed by atoms with van der Waals surface area (Å²) in [5.74, 6) is 0. The molecule has 1 aliphatic rings. The number of hydrogen-bond acceptors (Lipinski definition) is 2. The number of thiophene rings is 1. The summed E-state index contributed by atoms with van der Waals surface area (Å²) in [7, 11) is 0. The summed E-state index contributed by atoms with van der Waals surface area (Å²) in [5, 5.41) is 1.72. The number of fused-ring (bicyclic) bond motifs is 1. The van der Waals surface area contributed by atoms with Gasteiger partial charge < -0.3 is 4.90 Å². The minimum Gasteiger partial charge on any atom is -0.325 e. The van der Waals surface area contributed by atoms with Gasteiger partial charge in [0.05, 0.1) is 0 Å². The number of halogens is 1. The van der Waals surface area contributed by atoms with E-state index in [0.717, 1.165) is 13.0 Å². The Hall–Kier alpha value is -0.540. The molecule has 0 saturated heterocycles. The van der Waals surface area contributed by atoms with Crippen LogP contribution in [0.4, 0.5) is 4.79 Å². The molecule has 1 amide bonds. The van der Waals surface area contributed by atoms with E-state index in [1.807, 2.05) is 0 Å². The van der Waals surface area contributed by atoms with Gasteiger partial charge in [0.15, 0.2) is 0 Å². The molecular weight excluding hydrogens is 194 g/mol. The molecule has 12 heavy (non-hydrogen) atoms. The molecule has 0 aromatic carbocycles. The zero-order chi connectivity index (χ0) is 8.55. The summed E-state index contributed by atoms with van der Waals surface area (Å²) in [6.07, 6.45) is 0.950. The highest BCUT2D eigenvalue weighted by atomic mass is 35.5. The standard InChI is InChI=1S/C8H8ClNOS/c9-8(11)10-3-1-7-6(5-10)2-4-12-7/h2,4H,1,3,5H2. The molecule has 4 heteroatoms. The van der Waals surface area contributed by atoms with E-state index in [1.165, 1.54) is 10.4 Å². The highest BCUT2D eigenvalue weighted by Gasteiger charge is 2.19. The van der Waals surface area contributed by atoms with Crippen LogP contribution in [0.15, 0.2) is 11.4 Å². The number of hydrogen-bond donors (Lipinski definition) is 0. The van der Waals surface area contributed by atoms with Crippen molar-refractivity contribution in [1.29, 1.82) is 0 Å². The Morgan fingerprint density at radius 1 is 1.67 bits per heavy atom. The van der Waals surface area contributed by atoms with E-state index in [1.54, 1.807) is 16.2 Å². The first-order valence-electron chi connectivity index (χ1n) is 3.77. The van der Waals surface area contributed by atoms with Crippen molar-refractivity contribution in [3.05, 3.63) is 21.9 Å². The summed E-state index contributed by atoms with van der Waals surface area (Å²) in [6.45, 7) is 1.44. The number of carbonyl (C=O) groups is 1. The van der Waals surface area contributed by atoms with E-state index in [0.29, 0.717) is 6.54 Å². The van der Waals surface area contributed by atoms with E-state index in [2.05, 4.69) is 11.4 Å². The Labute approximate surface area is 79.8 Å². The molecule has 2 rings (SSSR count). The average molecular weight is 202 g/mol. The predicted octanol–water partition coefficient (Wildman–Crippen LogP) is 2.47. The van der Waals surface area contributed by atoms with Gasteiger partial charge in [-0.1, -0.05) is 0 Å². The lowest BCUT2D eigenvalue weighted by Crippen LogP contribution is -2.31. The second kappa shape index (κ2) is 3.07. The fourth-order valence-corrected chi connectivity index (χ4v) is 2.43. The quantitative estimate of drug-likeness (QED) is 0.467. The van der Waals surface area contributed by atoms with Crippen LogP contribution in [-0.4, -0.2) is 16.8 Å². The first kappa shape index (κ1) is 8.08. The third-order valence-electron chi connectivity index (χ3n) is 2.06. The molecule has 0 radical (unpaired) electrons. The normalized spacial score (nSPS) is 15.9. The Morgan fingerprint density at radius 3 is 3.25 bits per heavy atom. The van der Waals surface area contributed by atoms with Gasteiger partial charge in [0, 0.05) is 18.0 Å². The average Bonchev–Trinajstić information content (AvgIpc) is 2.49. The molecule has 1 aliphatic heterocycles. The van der Waals surface area contributed by atoms with Crippen molar-refractivity contribution in [1.82, 2.24) is 4.90 Å². The van der Waals surface area contributed by atoms with Gasteiger partial charge in [0.25, 0.3) is 0 Å². The van der Waals surface area contributed by atoms with Gasteiger partial charge >= 0.3 is 5.37 Å². The van der Waals surface area contributed by atoms with Gasteiger partial charge in [-0.3, -0.25) is 4.79 Å². The Morgan fingerprint density at radius 2 is 2.50 bits per heavy atom. The summed E-state index contributed by atoms with van der Waals surface area (Å²) in [5.41, 5.74) is 1.25. The third kappa shape index (κ3) is 1.34. The first-order chi connectivity index (χ1) is 5.77. The summed E-state index contributed by atoms with van der Waals surface area (Å²) in [6, 6.07) is 2.06. The smallest absolute Gasteiger partial charge is 0.316 e. The molecule has 2 heterocycles. The lowest BCUT2D eigenvalue weighted by Gasteiger charge is -2.24. The van der Waals surface area contributed by atoms with Crippen molar-refractivity contribution in [2.45, 2.75) is 13.0 Å². The van der Waals surface area contributed by atoms with Gasteiger partial charge in [-0.25, -0.2) is 0 Å². The molecule has 0 saturated carbocycles. The summed E-state index contributed by atoms with van der Waals surface area (Å²) >= 11 is 7.14. The molecule has 0 aliphatic carbocycles. The SMILES string of the molecule is O=C(Cl)N1CCc2sccc2C1. The largest absolute Gasteiger partial charge is 0.325 e. The van der Waals surface area contributed by atoms with Gasteiger partial charge in [-0.15, -0.1) is 11.3 Å². The van der Waals surface area contributed by atoms with Crippen molar-refractivity contribution < 1.29 is 4.79 Å². The second-order valence-corrected chi connectivity index (χ2v) is 4.12. The molecule has 0 N–H and O–H groups in total. The van der Waals surface area contributed by atoms with Crippen molar-refractivity contribution in [3.63, 3.8) is 0 Å². The second-order valence-electron chi connectivity index (χ2n) is 2.79. The highest BCUT2D eigenvalue weighted by molar-refractivity contribution is 7.10. The molecule has 0 atom stereocenters. The molecule has 0 unspecified atom stereocenters. The molecule has 0 fully saturated rings. The minimum atomic E-state index is -0.341. The van der Waals surface area contributed by atoms with Crippen LogP contribution in [0.25, 0.3) is 0 Å².